The second-order valence-corrected chi connectivity index (χ2v) is 6.36. The molecule has 0 aliphatic heterocycles. The summed E-state index contributed by atoms with van der Waals surface area (Å²) in [5, 5.41) is 3.17. The van der Waals surface area contributed by atoms with Crippen LogP contribution in [0.3, 0.4) is 0 Å². The number of benzene rings is 4. The van der Waals surface area contributed by atoms with E-state index >= 15 is 0 Å². The zero-order chi connectivity index (χ0) is 17.2. The molecule has 0 aromatic heterocycles. The van der Waals surface area contributed by atoms with E-state index in [4.69, 9.17) is 16.3 Å². The van der Waals surface area contributed by atoms with E-state index in [1.54, 1.807) is 7.11 Å². The molecule has 0 unspecified atom stereocenters. The van der Waals surface area contributed by atoms with Crippen molar-refractivity contribution in [2.24, 2.45) is 0 Å². The number of halogens is 1. The summed E-state index contributed by atoms with van der Waals surface area (Å²) in [4.78, 5) is 0. The topological polar surface area (TPSA) is 9.23 Å². The molecule has 0 N–H and O–H groups in total. The van der Waals surface area contributed by atoms with Crippen molar-refractivity contribution in [1.82, 2.24) is 0 Å². The lowest BCUT2D eigenvalue weighted by molar-refractivity contribution is 0.415. The maximum Gasteiger partial charge on any atom is 0.118 e. The SMILES string of the molecule is COc1ccc(-c2cc3ccccc3cc2-c2ccccc2Cl)cc1. The summed E-state index contributed by atoms with van der Waals surface area (Å²) in [6.45, 7) is 0. The maximum atomic E-state index is 6.50. The van der Waals surface area contributed by atoms with Crippen molar-refractivity contribution in [1.29, 1.82) is 0 Å². The van der Waals surface area contributed by atoms with Crippen molar-refractivity contribution >= 4 is 22.4 Å². The molecule has 4 rings (SSSR count). The molecule has 25 heavy (non-hydrogen) atoms. The van der Waals surface area contributed by atoms with Gasteiger partial charge in [-0.05, 0) is 57.8 Å². The summed E-state index contributed by atoms with van der Waals surface area (Å²) >= 11 is 6.50. The van der Waals surface area contributed by atoms with E-state index in [1.165, 1.54) is 10.8 Å². The highest BCUT2D eigenvalue weighted by Gasteiger charge is 2.12. The summed E-state index contributed by atoms with van der Waals surface area (Å²) < 4.78 is 5.29. The van der Waals surface area contributed by atoms with Crippen LogP contribution in [0.5, 0.6) is 5.75 Å². The molecule has 0 bridgehead atoms. The monoisotopic (exact) mass is 344 g/mol. The molecule has 0 saturated heterocycles. The molecule has 0 aliphatic carbocycles. The average Bonchev–Trinajstić information content (AvgIpc) is 2.67. The number of rotatable bonds is 3. The predicted molar refractivity (Wildman–Crippen MR) is 106 cm³/mol. The molecule has 1 nitrogen and oxygen atoms in total. The Morgan fingerprint density at radius 3 is 1.88 bits per heavy atom. The third-order valence-electron chi connectivity index (χ3n) is 4.45. The van der Waals surface area contributed by atoms with Gasteiger partial charge >= 0.3 is 0 Å². The molecule has 4 aromatic carbocycles. The third kappa shape index (κ3) is 2.99. The largest absolute Gasteiger partial charge is 0.497 e. The van der Waals surface area contributed by atoms with Crippen LogP contribution in [0.4, 0.5) is 0 Å². The Hall–Kier alpha value is -2.77. The van der Waals surface area contributed by atoms with Gasteiger partial charge in [-0.15, -0.1) is 0 Å². The molecule has 0 saturated carbocycles. The Labute approximate surface area is 152 Å². The first-order chi connectivity index (χ1) is 12.3. The minimum atomic E-state index is 0.757. The van der Waals surface area contributed by atoms with Crippen LogP contribution in [0.25, 0.3) is 33.0 Å². The Morgan fingerprint density at radius 2 is 1.24 bits per heavy atom. The molecule has 4 aromatic rings. The first-order valence-corrected chi connectivity index (χ1v) is 8.56. The quantitative estimate of drug-likeness (QED) is 0.395. The van der Waals surface area contributed by atoms with Crippen molar-refractivity contribution < 1.29 is 4.74 Å². The number of hydrogen-bond donors (Lipinski definition) is 0. The zero-order valence-corrected chi connectivity index (χ0v) is 14.6. The Morgan fingerprint density at radius 1 is 0.640 bits per heavy atom. The van der Waals surface area contributed by atoms with Crippen LogP contribution in [-0.4, -0.2) is 7.11 Å². The molecule has 0 atom stereocenters. The summed E-state index contributed by atoms with van der Waals surface area (Å²) in [6.07, 6.45) is 0. The molecular weight excluding hydrogens is 328 g/mol. The molecule has 2 heteroatoms. The van der Waals surface area contributed by atoms with E-state index in [9.17, 15) is 0 Å². The van der Waals surface area contributed by atoms with E-state index in [1.807, 2.05) is 30.3 Å². The summed E-state index contributed by atoms with van der Waals surface area (Å²) in [5.41, 5.74) is 4.48. The molecule has 0 amide bonds. The predicted octanol–water partition coefficient (Wildman–Crippen LogP) is 6.84. The highest BCUT2D eigenvalue weighted by atomic mass is 35.5. The second kappa shape index (κ2) is 6.62. The van der Waals surface area contributed by atoms with Gasteiger partial charge in [0.15, 0.2) is 0 Å². The fraction of sp³-hybridized carbons (Fsp3) is 0.0435. The molecule has 0 fully saturated rings. The van der Waals surface area contributed by atoms with Gasteiger partial charge in [-0.1, -0.05) is 66.2 Å². The molecular formula is C23H17ClO. The number of ether oxygens (including phenoxy) is 1. The lowest BCUT2D eigenvalue weighted by atomic mass is 9.91. The third-order valence-corrected chi connectivity index (χ3v) is 4.78. The van der Waals surface area contributed by atoms with Crippen molar-refractivity contribution in [3.05, 3.63) is 90.0 Å². The van der Waals surface area contributed by atoms with Crippen LogP contribution in [-0.2, 0) is 0 Å². The molecule has 0 heterocycles. The van der Waals surface area contributed by atoms with Crippen LogP contribution in [0, 0.1) is 0 Å². The molecule has 0 spiro atoms. The highest BCUT2D eigenvalue weighted by Crippen LogP contribution is 2.39. The van der Waals surface area contributed by atoms with Crippen molar-refractivity contribution in [2.45, 2.75) is 0 Å². The minimum absolute atomic E-state index is 0.757. The second-order valence-electron chi connectivity index (χ2n) is 5.95. The lowest BCUT2D eigenvalue weighted by Gasteiger charge is -2.14. The van der Waals surface area contributed by atoms with Gasteiger partial charge in [0, 0.05) is 10.6 Å². The van der Waals surface area contributed by atoms with Gasteiger partial charge in [-0.2, -0.15) is 0 Å². The summed E-state index contributed by atoms with van der Waals surface area (Å²) in [6, 6.07) is 29.0. The van der Waals surface area contributed by atoms with Crippen LogP contribution in [0.2, 0.25) is 5.02 Å². The van der Waals surface area contributed by atoms with Crippen LogP contribution in [0.15, 0.2) is 84.9 Å². The fourth-order valence-corrected chi connectivity index (χ4v) is 3.39. The number of fused-ring (bicyclic) bond motifs is 1. The van der Waals surface area contributed by atoms with Gasteiger partial charge in [0.25, 0.3) is 0 Å². The number of methoxy groups -OCH3 is 1. The normalized spacial score (nSPS) is 10.8. The minimum Gasteiger partial charge on any atom is -0.497 e. The first kappa shape index (κ1) is 15.7. The summed E-state index contributed by atoms with van der Waals surface area (Å²) in [5.74, 6) is 0.851. The van der Waals surface area contributed by atoms with Gasteiger partial charge in [0.2, 0.25) is 0 Å². The Kier molecular flexibility index (Phi) is 4.17. The Balaban J connectivity index is 2.00. The van der Waals surface area contributed by atoms with Crippen LogP contribution >= 0.6 is 11.6 Å². The standard InChI is InChI=1S/C23H17ClO/c1-25-19-12-10-16(11-13-19)21-14-17-6-2-3-7-18(17)15-22(21)20-8-4-5-9-23(20)24/h2-15H,1H3. The smallest absolute Gasteiger partial charge is 0.118 e. The van der Waals surface area contributed by atoms with E-state index < -0.39 is 0 Å². The molecule has 122 valence electrons. The van der Waals surface area contributed by atoms with E-state index in [-0.39, 0.29) is 0 Å². The molecule has 0 aliphatic rings. The van der Waals surface area contributed by atoms with Crippen molar-refractivity contribution in [3.8, 4) is 28.0 Å². The summed E-state index contributed by atoms with van der Waals surface area (Å²) in [7, 11) is 1.68. The van der Waals surface area contributed by atoms with Gasteiger partial charge < -0.3 is 4.74 Å². The zero-order valence-electron chi connectivity index (χ0n) is 13.9. The van der Waals surface area contributed by atoms with E-state index in [2.05, 4.69) is 54.6 Å². The van der Waals surface area contributed by atoms with Crippen LogP contribution in [0.1, 0.15) is 0 Å². The van der Waals surface area contributed by atoms with Crippen molar-refractivity contribution in [3.63, 3.8) is 0 Å². The molecule has 0 radical (unpaired) electrons. The number of hydrogen-bond acceptors (Lipinski definition) is 1. The maximum absolute atomic E-state index is 6.50. The van der Waals surface area contributed by atoms with Crippen LogP contribution < -0.4 is 4.74 Å². The van der Waals surface area contributed by atoms with Crippen molar-refractivity contribution in [2.75, 3.05) is 7.11 Å². The van der Waals surface area contributed by atoms with Gasteiger partial charge in [0.05, 0.1) is 7.11 Å². The highest BCUT2D eigenvalue weighted by molar-refractivity contribution is 6.33. The van der Waals surface area contributed by atoms with Gasteiger partial charge in [0.1, 0.15) is 5.75 Å². The van der Waals surface area contributed by atoms with E-state index in [0.29, 0.717) is 0 Å². The van der Waals surface area contributed by atoms with Gasteiger partial charge in [-0.3, -0.25) is 0 Å². The lowest BCUT2D eigenvalue weighted by Crippen LogP contribution is -1.88. The van der Waals surface area contributed by atoms with E-state index in [0.717, 1.165) is 33.0 Å². The fourth-order valence-electron chi connectivity index (χ4n) is 3.15. The average molecular weight is 345 g/mol. The first-order valence-electron chi connectivity index (χ1n) is 8.18. The van der Waals surface area contributed by atoms with Gasteiger partial charge in [-0.25, -0.2) is 0 Å². The Bertz CT molecular complexity index is 1040.